The van der Waals surface area contributed by atoms with Gasteiger partial charge in [-0.1, -0.05) is 133 Å². The van der Waals surface area contributed by atoms with E-state index in [9.17, 15) is 0 Å². The molecular weight excluding hydrogens is 685 g/mol. The number of aromatic nitrogens is 4. The van der Waals surface area contributed by atoms with Crippen LogP contribution in [0.4, 0.5) is 0 Å². The fourth-order valence-electron chi connectivity index (χ4n) is 8.37. The molecule has 11 rings (SSSR count). The van der Waals surface area contributed by atoms with Crippen molar-refractivity contribution >= 4 is 17.0 Å². The zero-order valence-corrected chi connectivity index (χ0v) is 30.3. The second kappa shape index (κ2) is 13.2. The molecule has 0 radical (unpaired) electrons. The number of rotatable bonds is 6. The van der Waals surface area contributed by atoms with Gasteiger partial charge >= 0.3 is 0 Å². The molecule has 1 aliphatic heterocycles. The SMILES string of the molecule is C1=CC2c3cc(-c4nc(-c5ccccc5)nc(-c5cc(-c6ccccc6)cc(-c6ccccc6)c5)n4)ccc3OC2c2c1n(-c1ccccc1)c1ccccc21. The monoisotopic (exact) mass is 718 g/mol. The molecule has 0 N–H and O–H groups in total. The second-order valence-electron chi connectivity index (χ2n) is 14.4. The first-order valence-corrected chi connectivity index (χ1v) is 19.0. The maximum atomic E-state index is 6.86. The van der Waals surface area contributed by atoms with Crippen LogP contribution in [-0.4, -0.2) is 19.5 Å². The number of nitrogens with zero attached hydrogens (tertiary/aromatic N) is 4. The summed E-state index contributed by atoms with van der Waals surface area (Å²) >= 11 is 0. The zero-order valence-electron chi connectivity index (χ0n) is 30.3. The third kappa shape index (κ3) is 5.44. The van der Waals surface area contributed by atoms with Crippen molar-refractivity contribution in [3.63, 3.8) is 0 Å². The van der Waals surface area contributed by atoms with Gasteiger partial charge in [-0.05, 0) is 82.9 Å². The molecule has 1 aliphatic carbocycles. The van der Waals surface area contributed by atoms with Gasteiger partial charge in [0.2, 0.25) is 0 Å². The van der Waals surface area contributed by atoms with Crippen molar-refractivity contribution in [2.24, 2.45) is 0 Å². The zero-order chi connectivity index (χ0) is 37.0. The van der Waals surface area contributed by atoms with E-state index in [4.69, 9.17) is 19.7 Å². The first-order chi connectivity index (χ1) is 27.7. The second-order valence-corrected chi connectivity index (χ2v) is 14.4. The normalized spacial score (nSPS) is 15.2. The molecule has 2 unspecified atom stereocenters. The van der Waals surface area contributed by atoms with E-state index in [2.05, 4.69) is 168 Å². The number of fused-ring (bicyclic) bond motifs is 7. The minimum absolute atomic E-state index is 0.0402. The van der Waals surface area contributed by atoms with Crippen molar-refractivity contribution < 1.29 is 4.74 Å². The van der Waals surface area contributed by atoms with Crippen molar-refractivity contribution in [1.82, 2.24) is 19.5 Å². The quantitative estimate of drug-likeness (QED) is 0.172. The largest absolute Gasteiger partial charge is 0.484 e. The summed E-state index contributed by atoms with van der Waals surface area (Å²) in [4.78, 5) is 15.5. The summed E-state index contributed by atoms with van der Waals surface area (Å²) in [5, 5.41) is 1.21. The van der Waals surface area contributed by atoms with Crippen LogP contribution in [0.5, 0.6) is 5.75 Å². The predicted molar refractivity (Wildman–Crippen MR) is 225 cm³/mol. The van der Waals surface area contributed by atoms with Crippen LogP contribution in [0, 0.1) is 0 Å². The number of ether oxygens (including phenoxy) is 1. The van der Waals surface area contributed by atoms with Gasteiger partial charge in [-0.25, -0.2) is 15.0 Å². The number of para-hydroxylation sites is 2. The molecule has 7 aromatic carbocycles. The maximum Gasteiger partial charge on any atom is 0.164 e. The lowest BCUT2D eigenvalue weighted by atomic mass is 9.85. The molecule has 0 amide bonds. The van der Waals surface area contributed by atoms with E-state index in [0.29, 0.717) is 17.5 Å². The average molecular weight is 719 g/mol. The third-order valence-electron chi connectivity index (χ3n) is 11.0. The average Bonchev–Trinajstić information content (AvgIpc) is 3.83. The summed E-state index contributed by atoms with van der Waals surface area (Å²) in [7, 11) is 0. The van der Waals surface area contributed by atoms with Crippen LogP contribution in [0.1, 0.15) is 28.8 Å². The molecule has 2 aromatic heterocycles. The van der Waals surface area contributed by atoms with Crippen molar-refractivity contribution in [2.75, 3.05) is 0 Å². The Balaban J connectivity index is 1.04. The van der Waals surface area contributed by atoms with E-state index in [0.717, 1.165) is 61.6 Å². The molecule has 3 heterocycles. The molecule has 0 saturated heterocycles. The molecule has 0 bridgehead atoms. The summed E-state index contributed by atoms with van der Waals surface area (Å²) in [6.45, 7) is 0. The molecule has 0 fully saturated rings. The highest BCUT2D eigenvalue weighted by Crippen LogP contribution is 2.53. The first-order valence-electron chi connectivity index (χ1n) is 19.0. The molecule has 56 heavy (non-hydrogen) atoms. The number of hydrogen-bond acceptors (Lipinski definition) is 4. The van der Waals surface area contributed by atoms with E-state index >= 15 is 0 Å². The molecule has 5 heteroatoms. The lowest BCUT2D eigenvalue weighted by Gasteiger charge is -2.22. The van der Waals surface area contributed by atoms with E-state index in [1.54, 1.807) is 0 Å². The van der Waals surface area contributed by atoms with Gasteiger partial charge in [0.1, 0.15) is 11.9 Å². The molecule has 2 aliphatic rings. The van der Waals surface area contributed by atoms with Crippen LogP contribution in [0.25, 0.3) is 79.1 Å². The predicted octanol–water partition coefficient (Wildman–Crippen LogP) is 12.4. The number of hydrogen-bond donors (Lipinski definition) is 0. The Morgan fingerprint density at radius 3 is 1.64 bits per heavy atom. The van der Waals surface area contributed by atoms with Crippen LogP contribution < -0.4 is 4.74 Å². The Hall–Kier alpha value is -7.37. The number of benzene rings is 7. The van der Waals surface area contributed by atoms with Gasteiger partial charge in [0.25, 0.3) is 0 Å². The van der Waals surface area contributed by atoms with Crippen LogP contribution in [0.2, 0.25) is 0 Å². The molecule has 0 spiro atoms. The van der Waals surface area contributed by atoms with Gasteiger partial charge in [-0.15, -0.1) is 0 Å². The summed E-state index contributed by atoms with van der Waals surface area (Å²) in [6, 6.07) is 63.3. The van der Waals surface area contributed by atoms with Crippen molar-refractivity contribution in [3.8, 4) is 67.9 Å². The highest BCUT2D eigenvalue weighted by atomic mass is 16.5. The molecule has 2 atom stereocenters. The van der Waals surface area contributed by atoms with Crippen molar-refractivity contribution in [1.29, 1.82) is 0 Å². The summed E-state index contributed by atoms with van der Waals surface area (Å²) in [5.41, 5.74) is 13.1. The Morgan fingerprint density at radius 2 is 0.982 bits per heavy atom. The van der Waals surface area contributed by atoms with Gasteiger partial charge in [-0.3, -0.25) is 0 Å². The Labute approximate surface area is 324 Å². The van der Waals surface area contributed by atoms with Gasteiger partial charge < -0.3 is 9.30 Å². The minimum atomic E-state index is -0.152. The lowest BCUT2D eigenvalue weighted by molar-refractivity contribution is 0.224. The van der Waals surface area contributed by atoms with Crippen LogP contribution in [0.15, 0.2) is 188 Å². The van der Waals surface area contributed by atoms with Gasteiger partial charge in [-0.2, -0.15) is 0 Å². The molecule has 9 aromatic rings. The summed E-state index contributed by atoms with van der Waals surface area (Å²) < 4.78 is 9.21. The minimum Gasteiger partial charge on any atom is -0.484 e. The van der Waals surface area contributed by atoms with E-state index in [-0.39, 0.29) is 12.0 Å². The highest BCUT2D eigenvalue weighted by Gasteiger charge is 2.40. The van der Waals surface area contributed by atoms with Crippen LogP contribution in [0.3, 0.4) is 0 Å². The van der Waals surface area contributed by atoms with E-state index in [1.165, 1.54) is 16.5 Å². The molecule has 264 valence electrons. The molecule has 5 nitrogen and oxygen atoms in total. The van der Waals surface area contributed by atoms with E-state index in [1.807, 2.05) is 30.3 Å². The van der Waals surface area contributed by atoms with Crippen molar-refractivity contribution in [2.45, 2.75) is 12.0 Å². The van der Waals surface area contributed by atoms with Crippen LogP contribution >= 0.6 is 0 Å². The Kier molecular flexibility index (Phi) is 7.56. The van der Waals surface area contributed by atoms with Gasteiger partial charge in [0, 0.05) is 44.8 Å². The smallest absolute Gasteiger partial charge is 0.164 e. The topological polar surface area (TPSA) is 52.8 Å². The third-order valence-corrected chi connectivity index (χ3v) is 11.0. The first kappa shape index (κ1) is 32.1. The van der Waals surface area contributed by atoms with Crippen molar-refractivity contribution in [3.05, 3.63) is 205 Å². The maximum absolute atomic E-state index is 6.86. The Bertz CT molecular complexity index is 2880. The fraction of sp³-hybridized carbons (Fsp3) is 0.0392. The summed E-state index contributed by atoms with van der Waals surface area (Å²) in [5.74, 6) is 2.79. The standard InChI is InChI=1S/C51H34N4O/c1-5-15-33(16-6-1)37-29-38(34-17-7-2-8-18-34)31-39(30-37)51-53-49(35-19-9-3-10-20-35)52-50(54-51)36-25-28-46-43(32-36)41-26-27-45-47(48(41)56-46)42-23-13-14-24-44(42)55(45)40-21-11-4-12-22-40/h1-32,41,48H. The fourth-order valence-corrected chi connectivity index (χ4v) is 8.37. The lowest BCUT2D eigenvalue weighted by Crippen LogP contribution is -2.13. The van der Waals surface area contributed by atoms with Gasteiger partial charge in [0.15, 0.2) is 17.5 Å². The Morgan fingerprint density at radius 1 is 0.446 bits per heavy atom. The molecule has 0 saturated carbocycles. The highest BCUT2D eigenvalue weighted by molar-refractivity contribution is 5.92. The molecular formula is C51H34N4O. The summed E-state index contributed by atoms with van der Waals surface area (Å²) in [6.07, 6.45) is 4.42. The van der Waals surface area contributed by atoms with Gasteiger partial charge in [0.05, 0.1) is 11.2 Å². The van der Waals surface area contributed by atoms with E-state index < -0.39 is 0 Å². The van der Waals surface area contributed by atoms with Crippen LogP contribution in [-0.2, 0) is 0 Å².